The van der Waals surface area contributed by atoms with Crippen LogP contribution in [0.4, 0.5) is 0 Å². The second-order valence-electron chi connectivity index (χ2n) is 4.21. The average Bonchev–Trinajstić information content (AvgIpc) is 2.68. The highest BCUT2D eigenvalue weighted by Gasteiger charge is 2.45. The van der Waals surface area contributed by atoms with Crippen LogP contribution in [0.25, 0.3) is 0 Å². The lowest BCUT2D eigenvalue weighted by Gasteiger charge is -2.14. The molecular formula is C13H13NO4. The lowest BCUT2D eigenvalue weighted by molar-refractivity contribution is -0.570. The normalized spacial score (nSPS) is 22.8. The number of allylic oxidation sites excluding steroid dienone is 1. The Morgan fingerprint density at radius 2 is 1.94 bits per heavy atom. The fourth-order valence-corrected chi connectivity index (χ4v) is 2.30. The highest BCUT2D eigenvalue weighted by Crippen LogP contribution is 2.39. The van der Waals surface area contributed by atoms with Gasteiger partial charge < -0.3 is 4.74 Å². The second kappa shape index (κ2) is 4.60. The topological polar surface area (TPSA) is 69.4 Å². The molecule has 0 amide bonds. The molecule has 5 heteroatoms. The standard InChI is InChI=1S/C13H13NO4/c1-8(15)11-9(2)18-13(14(16)17)12(11)10-6-4-3-5-7-10/h3-7,12-13H,1-2H3. The van der Waals surface area contributed by atoms with Gasteiger partial charge in [0, 0.05) is 0 Å². The Morgan fingerprint density at radius 3 is 2.44 bits per heavy atom. The van der Waals surface area contributed by atoms with Gasteiger partial charge in [-0.3, -0.25) is 14.9 Å². The van der Waals surface area contributed by atoms with Crippen LogP contribution in [-0.4, -0.2) is 16.9 Å². The Balaban J connectivity index is 2.50. The first kappa shape index (κ1) is 12.3. The molecule has 0 aliphatic carbocycles. The monoisotopic (exact) mass is 247 g/mol. The predicted octanol–water partition coefficient (Wildman–Crippen LogP) is 2.27. The van der Waals surface area contributed by atoms with Crippen molar-refractivity contribution in [1.29, 1.82) is 0 Å². The van der Waals surface area contributed by atoms with Gasteiger partial charge in [0.15, 0.2) is 5.78 Å². The van der Waals surface area contributed by atoms with E-state index in [4.69, 9.17) is 4.74 Å². The highest BCUT2D eigenvalue weighted by atomic mass is 16.7. The Labute approximate surface area is 104 Å². The smallest absolute Gasteiger partial charge is 0.364 e. The molecule has 0 N–H and O–H groups in total. The van der Waals surface area contributed by atoms with Crippen molar-refractivity contribution in [2.45, 2.75) is 26.0 Å². The van der Waals surface area contributed by atoms with Crippen molar-refractivity contribution in [3.05, 3.63) is 57.3 Å². The van der Waals surface area contributed by atoms with Crippen molar-refractivity contribution in [3.63, 3.8) is 0 Å². The van der Waals surface area contributed by atoms with Crippen LogP contribution in [0.15, 0.2) is 41.7 Å². The largest absolute Gasteiger partial charge is 0.434 e. The van der Waals surface area contributed by atoms with Crippen LogP contribution < -0.4 is 0 Å². The van der Waals surface area contributed by atoms with Gasteiger partial charge in [0.25, 0.3) is 0 Å². The minimum atomic E-state index is -1.22. The van der Waals surface area contributed by atoms with Gasteiger partial charge in [-0.2, -0.15) is 0 Å². The minimum absolute atomic E-state index is 0.189. The first-order chi connectivity index (χ1) is 8.52. The summed E-state index contributed by atoms with van der Waals surface area (Å²) in [5.74, 6) is -0.470. The van der Waals surface area contributed by atoms with Crippen LogP contribution in [0.5, 0.6) is 0 Å². The number of benzene rings is 1. The van der Waals surface area contributed by atoms with Crippen LogP contribution >= 0.6 is 0 Å². The second-order valence-corrected chi connectivity index (χ2v) is 4.21. The molecule has 1 aliphatic rings. The summed E-state index contributed by atoms with van der Waals surface area (Å²) in [6.07, 6.45) is -1.22. The van der Waals surface area contributed by atoms with Gasteiger partial charge in [-0.05, 0) is 19.4 Å². The Kier molecular flexibility index (Phi) is 3.14. The molecule has 1 aromatic carbocycles. The van der Waals surface area contributed by atoms with Crippen LogP contribution in [-0.2, 0) is 9.53 Å². The number of carbonyl (C=O) groups excluding carboxylic acids is 1. The van der Waals surface area contributed by atoms with Gasteiger partial charge in [-0.1, -0.05) is 30.3 Å². The van der Waals surface area contributed by atoms with Crippen molar-refractivity contribution in [2.75, 3.05) is 0 Å². The molecule has 0 fully saturated rings. The van der Waals surface area contributed by atoms with E-state index in [1.807, 2.05) is 6.07 Å². The molecule has 0 aromatic heterocycles. The summed E-state index contributed by atoms with van der Waals surface area (Å²) in [6, 6.07) is 8.94. The zero-order valence-corrected chi connectivity index (χ0v) is 10.1. The third-order valence-electron chi connectivity index (χ3n) is 3.02. The summed E-state index contributed by atoms with van der Waals surface area (Å²) in [5.41, 5.74) is 1.11. The molecule has 1 heterocycles. The Hall–Kier alpha value is -2.17. The molecule has 0 radical (unpaired) electrons. The van der Waals surface area contributed by atoms with E-state index >= 15 is 0 Å². The number of Topliss-reactive ketones (excluding diaryl/α,β-unsaturated/α-hetero) is 1. The van der Waals surface area contributed by atoms with Gasteiger partial charge in [0.2, 0.25) is 0 Å². The van der Waals surface area contributed by atoms with E-state index < -0.39 is 17.1 Å². The van der Waals surface area contributed by atoms with E-state index in [9.17, 15) is 14.9 Å². The number of ether oxygens (including phenoxy) is 1. The number of carbonyl (C=O) groups is 1. The number of rotatable bonds is 3. The Bertz CT molecular complexity index is 521. The summed E-state index contributed by atoms with van der Waals surface area (Å²) in [4.78, 5) is 22.2. The van der Waals surface area contributed by atoms with Crippen LogP contribution in [0.2, 0.25) is 0 Å². The first-order valence-electron chi connectivity index (χ1n) is 5.59. The SMILES string of the molecule is CC(=O)C1=C(C)OC([N+](=O)[O-])C1c1ccccc1. The highest BCUT2D eigenvalue weighted by molar-refractivity contribution is 5.95. The summed E-state index contributed by atoms with van der Waals surface area (Å²) in [5, 5.41) is 11.0. The summed E-state index contributed by atoms with van der Waals surface area (Å²) >= 11 is 0. The molecule has 1 aromatic rings. The van der Waals surface area contributed by atoms with Crippen molar-refractivity contribution in [3.8, 4) is 0 Å². The van der Waals surface area contributed by atoms with Crippen molar-refractivity contribution in [2.24, 2.45) is 0 Å². The van der Waals surface area contributed by atoms with E-state index in [0.29, 0.717) is 11.3 Å². The molecule has 0 spiro atoms. The lowest BCUT2D eigenvalue weighted by Crippen LogP contribution is -2.27. The fourth-order valence-electron chi connectivity index (χ4n) is 2.30. The molecule has 1 aliphatic heterocycles. The molecule has 2 atom stereocenters. The maximum Gasteiger partial charge on any atom is 0.364 e. The Morgan fingerprint density at radius 1 is 1.33 bits per heavy atom. The van der Waals surface area contributed by atoms with Gasteiger partial charge >= 0.3 is 6.23 Å². The van der Waals surface area contributed by atoms with E-state index in [2.05, 4.69) is 0 Å². The van der Waals surface area contributed by atoms with E-state index in [1.54, 1.807) is 31.2 Å². The molecule has 0 bridgehead atoms. The van der Waals surface area contributed by atoms with E-state index in [0.717, 1.165) is 5.56 Å². The third kappa shape index (κ3) is 1.99. The molecule has 5 nitrogen and oxygen atoms in total. The third-order valence-corrected chi connectivity index (χ3v) is 3.02. The minimum Gasteiger partial charge on any atom is -0.434 e. The molecule has 18 heavy (non-hydrogen) atoms. The lowest BCUT2D eigenvalue weighted by atomic mass is 9.88. The van der Waals surface area contributed by atoms with Gasteiger partial charge in [-0.15, -0.1) is 0 Å². The van der Waals surface area contributed by atoms with E-state index in [-0.39, 0.29) is 5.78 Å². The van der Waals surface area contributed by atoms with E-state index in [1.165, 1.54) is 6.92 Å². The summed E-state index contributed by atoms with van der Waals surface area (Å²) in [6.45, 7) is 3.00. The number of ketones is 1. The molecule has 2 rings (SSSR count). The van der Waals surface area contributed by atoms with Gasteiger partial charge in [0.1, 0.15) is 11.7 Å². The zero-order chi connectivity index (χ0) is 13.3. The quantitative estimate of drug-likeness (QED) is 0.606. The average molecular weight is 247 g/mol. The van der Waals surface area contributed by atoms with Crippen molar-refractivity contribution in [1.82, 2.24) is 0 Å². The van der Waals surface area contributed by atoms with Gasteiger partial charge in [0.05, 0.1) is 10.5 Å². The maximum absolute atomic E-state index is 11.6. The van der Waals surface area contributed by atoms with Crippen molar-refractivity contribution < 1.29 is 14.5 Å². The molecular weight excluding hydrogens is 234 g/mol. The number of hydrogen-bond acceptors (Lipinski definition) is 4. The van der Waals surface area contributed by atoms with Crippen molar-refractivity contribution >= 4 is 5.78 Å². The fraction of sp³-hybridized carbons (Fsp3) is 0.308. The zero-order valence-electron chi connectivity index (χ0n) is 10.1. The summed E-state index contributed by atoms with van der Waals surface area (Å²) in [7, 11) is 0. The number of nitrogens with zero attached hydrogens (tertiary/aromatic N) is 1. The molecule has 0 saturated carbocycles. The number of hydrogen-bond donors (Lipinski definition) is 0. The maximum atomic E-state index is 11.6. The molecule has 2 unspecified atom stereocenters. The predicted molar refractivity (Wildman–Crippen MR) is 64.4 cm³/mol. The van der Waals surface area contributed by atoms with Crippen LogP contribution in [0, 0.1) is 10.1 Å². The number of nitro groups is 1. The first-order valence-corrected chi connectivity index (χ1v) is 5.59. The van der Waals surface area contributed by atoms with Crippen LogP contribution in [0.1, 0.15) is 25.3 Å². The van der Waals surface area contributed by atoms with Gasteiger partial charge in [-0.25, -0.2) is 0 Å². The van der Waals surface area contributed by atoms with Crippen LogP contribution in [0.3, 0.4) is 0 Å². The molecule has 94 valence electrons. The molecule has 0 saturated heterocycles. The summed E-state index contributed by atoms with van der Waals surface area (Å²) < 4.78 is 5.22.